The van der Waals surface area contributed by atoms with Crippen LogP contribution in [-0.2, 0) is 0 Å². The summed E-state index contributed by atoms with van der Waals surface area (Å²) in [6, 6.07) is 20.0. The lowest BCUT2D eigenvalue weighted by Gasteiger charge is -2.39. The van der Waals surface area contributed by atoms with Crippen molar-refractivity contribution in [3.8, 4) is 5.75 Å². The number of fused-ring (bicyclic) bond motifs is 3. The van der Waals surface area contributed by atoms with Gasteiger partial charge in [0.2, 0.25) is 5.95 Å². The van der Waals surface area contributed by atoms with Gasteiger partial charge in [-0.1, -0.05) is 42.5 Å². The Hall–Kier alpha value is -4.00. The lowest BCUT2D eigenvalue weighted by Crippen LogP contribution is -2.32. The van der Waals surface area contributed by atoms with E-state index in [9.17, 15) is 8.78 Å². The summed E-state index contributed by atoms with van der Waals surface area (Å²) in [7, 11) is 0. The Labute approximate surface area is 176 Å². The number of ether oxygens (including phenoxy) is 1. The summed E-state index contributed by atoms with van der Waals surface area (Å²) in [4.78, 5) is 4.35. The number of hydrogen-bond donors (Lipinski definition) is 1. The van der Waals surface area contributed by atoms with Gasteiger partial charge in [0.1, 0.15) is 29.8 Å². The summed E-state index contributed by atoms with van der Waals surface area (Å²) >= 11 is 0. The third-order valence-corrected chi connectivity index (χ3v) is 5.69. The molecule has 0 saturated carbocycles. The fourth-order valence-electron chi connectivity index (χ4n) is 4.33. The number of hydrogen-bond acceptors (Lipinski definition) is 4. The molecule has 6 rings (SSSR count). The van der Waals surface area contributed by atoms with E-state index >= 15 is 0 Å². The molecule has 0 fully saturated rings. The van der Waals surface area contributed by atoms with Gasteiger partial charge in [0.15, 0.2) is 6.10 Å². The monoisotopic (exact) mass is 414 g/mol. The van der Waals surface area contributed by atoms with Gasteiger partial charge in [0, 0.05) is 16.7 Å². The van der Waals surface area contributed by atoms with Crippen molar-refractivity contribution >= 4 is 11.6 Å². The van der Waals surface area contributed by atoms with Gasteiger partial charge in [0.05, 0.1) is 5.70 Å². The van der Waals surface area contributed by atoms with Crippen LogP contribution in [-0.4, -0.2) is 14.8 Å². The van der Waals surface area contributed by atoms with Crippen molar-refractivity contribution in [3.05, 3.63) is 113 Å². The predicted octanol–water partition coefficient (Wildman–Crippen LogP) is 5.12. The lowest BCUT2D eigenvalue weighted by molar-refractivity contribution is 0.218. The molecule has 7 heteroatoms. The van der Waals surface area contributed by atoms with E-state index in [1.165, 1.54) is 24.5 Å². The van der Waals surface area contributed by atoms with Crippen LogP contribution in [0.15, 0.2) is 84.7 Å². The van der Waals surface area contributed by atoms with E-state index in [2.05, 4.69) is 15.4 Å². The summed E-state index contributed by atoms with van der Waals surface area (Å²) in [5, 5.41) is 7.76. The average Bonchev–Trinajstić information content (AvgIpc) is 3.27. The first-order valence-electron chi connectivity index (χ1n) is 9.87. The fraction of sp³-hybridized carbons (Fsp3) is 0.0833. The van der Waals surface area contributed by atoms with E-state index in [0.717, 1.165) is 22.4 Å². The second kappa shape index (κ2) is 6.77. The number of anilines is 1. The van der Waals surface area contributed by atoms with Crippen LogP contribution in [0, 0.1) is 11.6 Å². The largest absolute Gasteiger partial charge is 0.480 e. The van der Waals surface area contributed by atoms with Crippen molar-refractivity contribution in [2.45, 2.75) is 12.1 Å². The fourth-order valence-corrected chi connectivity index (χ4v) is 4.33. The van der Waals surface area contributed by atoms with Crippen LogP contribution < -0.4 is 10.1 Å². The van der Waals surface area contributed by atoms with Crippen LogP contribution >= 0.6 is 0 Å². The molecule has 1 N–H and O–H groups in total. The molecule has 4 aromatic rings. The van der Waals surface area contributed by atoms with Crippen molar-refractivity contribution < 1.29 is 13.5 Å². The molecule has 31 heavy (non-hydrogen) atoms. The molecule has 3 heterocycles. The van der Waals surface area contributed by atoms with E-state index in [1.54, 1.807) is 35.0 Å². The van der Waals surface area contributed by atoms with E-state index in [1.807, 2.05) is 24.3 Å². The molecule has 0 saturated heterocycles. The van der Waals surface area contributed by atoms with Crippen LogP contribution in [0.1, 0.15) is 28.8 Å². The van der Waals surface area contributed by atoms with Crippen LogP contribution in [0.25, 0.3) is 5.70 Å². The Morgan fingerprint density at radius 2 is 1.68 bits per heavy atom. The number of benzene rings is 3. The van der Waals surface area contributed by atoms with E-state index < -0.39 is 12.1 Å². The zero-order chi connectivity index (χ0) is 20.9. The Kier molecular flexibility index (Phi) is 3.89. The van der Waals surface area contributed by atoms with Crippen LogP contribution in [0.4, 0.5) is 14.7 Å². The van der Waals surface area contributed by atoms with Crippen molar-refractivity contribution in [2.24, 2.45) is 0 Å². The summed E-state index contributed by atoms with van der Waals surface area (Å²) in [6.45, 7) is 0. The van der Waals surface area contributed by atoms with Crippen LogP contribution in [0.2, 0.25) is 0 Å². The van der Waals surface area contributed by atoms with E-state index in [-0.39, 0.29) is 11.6 Å². The third-order valence-electron chi connectivity index (χ3n) is 5.69. The maximum absolute atomic E-state index is 14.9. The molecule has 2 aliphatic rings. The zero-order valence-electron chi connectivity index (χ0n) is 16.2. The molecule has 5 nitrogen and oxygen atoms in total. The first kappa shape index (κ1) is 17.8. The second-order valence-electron chi connectivity index (χ2n) is 7.45. The normalized spacial score (nSPS) is 19.0. The van der Waals surface area contributed by atoms with Gasteiger partial charge in [-0.05, 0) is 35.9 Å². The molecule has 0 amide bonds. The molecular weight excluding hydrogens is 398 g/mol. The van der Waals surface area contributed by atoms with Crippen molar-refractivity contribution in [1.29, 1.82) is 0 Å². The SMILES string of the molecule is Fc1ccc([C@@H]2C3=C(Nc4ncnn42)c2ccccc2O[C@@H]3c2ccccc2F)cc1. The maximum atomic E-state index is 14.9. The molecule has 3 aromatic carbocycles. The Bertz CT molecular complexity index is 1330. The minimum atomic E-state index is -0.703. The highest BCUT2D eigenvalue weighted by molar-refractivity contribution is 5.85. The summed E-state index contributed by atoms with van der Waals surface area (Å²) in [5.41, 5.74) is 3.65. The molecule has 0 unspecified atom stereocenters. The smallest absolute Gasteiger partial charge is 0.226 e. The topological polar surface area (TPSA) is 52.0 Å². The van der Waals surface area contributed by atoms with Gasteiger partial charge in [-0.15, -0.1) is 0 Å². The van der Waals surface area contributed by atoms with E-state index in [4.69, 9.17) is 4.74 Å². The molecule has 0 radical (unpaired) electrons. The highest BCUT2D eigenvalue weighted by Crippen LogP contribution is 2.50. The highest BCUT2D eigenvalue weighted by Gasteiger charge is 2.41. The summed E-state index contributed by atoms with van der Waals surface area (Å²) in [6.07, 6.45) is 0.758. The van der Waals surface area contributed by atoms with Gasteiger partial charge in [-0.25, -0.2) is 13.5 Å². The Balaban J connectivity index is 1.65. The van der Waals surface area contributed by atoms with E-state index in [0.29, 0.717) is 17.3 Å². The van der Waals surface area contributed by atoms with Crippen molar-refractivity contribution in [3.63, 3.8) is 0 Å². The maximum Gasteiger partial charge on any atom is 0.226 e. The first-order valence-corrected chi connectivity index (χ1v) is 9.87. The number of para-hydroxylation sites is 1. The zero-order valence-corrected chi connectivity index (χ0v) is 16.2. The number of nitrogens with zero attached hydrogens (tertiary/aromatic N) is 3. The summed E-state index contributed by atoms with van der Waals surface area (Å²) < 4.78 is 36.7. The minimum Gasteiger partial charge on any atom is -0.480 e. The molecular formula is C24H16F2N4O. The minimum absolute atomic E-state index is 0.332. The predicted molar refractivity (Wildman–Crippen MR) is 111 cm³/mol. The lowest BCUT2D eigenvalue weighted by atomic mass is 9.84. The van der Waals surface area contributed by atoms with Crippen LogP contribution in [0.3, 0.4) is 0 Å². The molecule has 0 bridgehead atoms. The van der Waals surface area contributed by atoms with Crippen LogP contribution in [0.5, 0.6) is 5.75 Å². The average molecular weight is 414 g/mol. The van der Waals surface area contributed by atoms with Crippen molar-refractivity contribution in [2.75, 3.05) is 5.32 Å². The molecule has 2 atom stereocenters. The quantitative estimate of drug-likeness (QED) is 0.495. The van der Waals surface area contributed by atoms with Gasteiger partial charge in [-0.3, -0.25) is 0 Å². The number of rotatable bonds is 2. The van der Waals surface area contributed by atoms with Crippen molar-refractivity contribution in [1.82, 2.24) is 14.8 Å². The number of halogens is 2. The molecule has 0 aliphatic carbocycles. The molecule has 0 spiro atoms. The third kappa shape index (κ3) is 2.73. The van der Waals surface area contributed by atoms with Gasteiger partial charge in [-0.2, -0.15) is 10.1 Å². The highest BCUT2D eigenvalue weighted by atomic mass is 19.1. The number of aromatic nitrogens is 3. The number of nitrogens with one attached hydrogen (secondary N) is 1. The Morgan fingerprint density at radius 3 is 2.52 bits per heavy atom. The van der Waals surface area contributed by atoms with Gasteiger partial charge in [0.25, 0.3) is 0 Å². The summed E-state index contributed by atoms with van der Waals surface area (Å²) in [5.74, 6) is 0.507. The Morgan fingerprint density at radius 1 is 0.903 bits per heavy atom. The molecule has 152 valence electrons. The van der Waals surface area contributed by atoms with Gasteiger partial charge < -0.3 is 10.1 Å². The van der Waals surface area contributed by atoms with Gasteiger partial charge >= 0.3 is 0 Å². The molecule has 1 aromatic heterocycles. The second-order valence-corrected chi connectivity index (χ2v) is 7.45. The standard InChI is InChI=1S/C24H16F2N4O/c25-15-11-9-14(10-12-15)22-20-21(29-24-27-13-28-30(22)24)17-6-2-4-8-19(17)31-23(20)16-5-1-3-7-18(16)26/h1-13,22-23H,(H,27,28,29)/t22-,23-/m1/s1. The first-order chi connectivity index (χ1) is 15.2. The molecule has 2 aliphatic heterocycles.